The molecule has 0 atom stereocenters. The summed E-state index contributed by atoms with van der Waals surface area (Å²) in [5.74, 6) is 0.0298. The number of benzene rings is 1. The largest absolute Gasteiger partial charge is 0.241 e. The van der Waals surface area contributed by atoms with E-state index in [1.165, 1.54) is 12.3 Å². The first-order chi connectivity index (χ1) is 6.84. The number of rotatable bonds is 2. The lowest BCUT2D eigenvalue weighted by atomic mass is 10.1. The van der Waals surface area contributed by atoms with Crippen LogP contribution in [-0.4, -0.2) is 9.97 Å². The first-order valence-electron chi connectivity index (χ1n) is 4.36. The van der Waals surface area contributed by atoms with Crippen molar-refractivity contribution in [3.63, 3.8) is 0 Å². The highest BCUT2D eigenvalue weighted by Crippen LogP contribution is 2.04. The maximum atomic E-state index is 12.7. The third-order valence-corrected chi connectivity index (χ3v) is 1.88. The minimum absolute atomic E-state index is 0.481. The predicted octanol–water partition coefficient (Wildman–Crippen LogP) is 2.21. The Kier molecular flexibility index (Phi) is 2.49. The fourth-order valence-corrected chi connectivity index (χ4v) is 1.24. The third-order valence-electron chi connectivity index (χ3n) is 1.88. The zero-order chi connectivity index (χ0) is 9.80. The van der Waals surface area contributed by atoms with Crippen molar-refractivity contribution >= 4 is 0 Å². The summed E-state index contributed by atoms with van der Waals surface area (Å²) in [5.41, 5.74) is 1.08. The van der Waals surface area contributed by atoms with Crippen LogP contribution in [0.1, 0.15) is 11.4 Å². The second kappa shape index (κ2) is 3.96. The molecule has 2 aromatic rings. The molecule has 14 heavy (non-hydrogen) atoms. The molecule has 70 valence electrons. The van der Waals surface area contributed by atoms with E-state index in [4.69, 9.17) is 0 Å². The van der Waals surface area contributed by atoms with E-state index in [0.717, 1.165) is 5.56 Å². The Morgan fingerprint density at radius 2 is 1.86 bits per heavy atom. The molecule has 0 aliphatic carbocycles. The molecule has 0 aliphatic heterocycles. The van der Waals surface area contributed by atoms with Gasteiger partial charge in [-0.05, 0) is 5.56 Å². The van der Waals surface area contributed by atoms with Gasteiger partial charge in [0.15, 0.2) is 0 Å². The molecule has 0 fully saturated rings. The number of aromatic nitrogens is 2. The van der Waals surface area contributed by atoms with Gasteiger partial charge in [-0.25, -0.2) is 9.97 Å². The first-order valence-corrected chi connectivity index (χ1v) is 4.36. The van der Waals surface area contributed by atoms with Crippen LogP contribution in [0.3, 0.4) is 0 Å². The Morgan fingerprint density at radius 1 is 1.07 bits per heavy atom. The molecule has 0 N–H and O–H groups in total. The minimum atomic E-state index is -0.481. The van der Waals surface area contributed by atoms with Gasteiger partial charge in [0.2, 0.25) is 5.95 Å². The van der Waals surface area contributed by atoms with Gasteiger partial charge in [0, 0.05) is 18.7 Å². The number of nitrogens with zero attached hydrogens (tertiary/aromatic N) is 2. The van der Waals surface area contributed by atoms with Gasteiger partial charge < -0.3 is 0 Å². The van der Waals surface area contributed by atoms with Crippen molar-refractivity contribution in [2.45, 2.75) is 6.42 Å². The van der Waals surface area contributed by atoms with Gasteiger partial charge in [0.1, 0.15) is 5.82 Å². The molecule has 0 saturated carbocycles. The molecular weight excluding hydrogens is 179 g/mol. The van der Waals surface area contributed by atoms with E-state index < -0.39 is 5.95 Å². The summed E-state index contributed by atoms with van der Waals surface area (Å²) in [4.78, 5) is 7.67. The second-order valence-corrected chi connectivity index (χ2v) is 2.96. The van der Waals surface area contributed by atoms with Crippen molar-refractivity contribution in [3.8, 4) is 0 Å². The minimum Gasteiger partial charge on any atom is -0.241 e. The second-order valence-electron chi connectivity index (χ2n) is 2.96. The quantitative estimate of drug-likeness (QED) is 0.675. The lowest BCUT2D eigenvalue weighted by molar-refractivity contribution is 0.571. The number of halogens is 1. The Morgan fingerprint density at radius 3 is 2.57 bits per heavy atom. The molecule has 0 radical (unpaired) electrons. The Hall–Kier alpha value is -1.77. The van der Waals surface area contributed by atoms with Gasteiger partial charge in [-0.15, -0.1) is 0 Å². The van der Waals surface area contributed by atoms with Crippen molar-refractivity contribution in [1.82, 2.24) is 9.97 Å². The summed E-state index contributed by atoms with van der Waals surface area (Å²) in [6.45, 7) is 0. The molecule has 1 aromatic carbocycles. The summed E-state index contributed by atoms with van der Waals surface area (Å²) in [7, 11) is 0. The monoisotopic (exact) mass is 188 g/mol. The summed E-state index contributed by atoms with van der Waals surface area (Å²) < 4.78 is 12.7. The van der Waals surface area contributed by atoms with Crippen molar-refractivity contribution in [1.29, 1.82) is 0 Å². The van der Waals surface area contributed by atoms with Gasteiger partial charge in [-0.1, -0.05) is 30.3 Å². The number of hydrogen-bond acceptors (Lipinski definition) is 2. The van der Waals surface area contributed by atoms with Crippen LogP contribution in [0.4, 0.5) is 4.39 Å². The van der Waals surface area contributed by atoms with E-state index in [0.29, 0.717) is 12.2 Å². The Labute approximate surface area is 81.5 Å². The average molecular weight is 188 g/mol. The van der Waals surface area contributed by atoms with Gasteiger partial charge >= 0.3 is 0 Å². The Balaban J connectivity index is 2.19. The van der Waals surface area contributed by atoms with Gasteiger partial charge in [0.25, 0.3) is 0 Å². The van der Waals surface area contributed by atoms with Crippen LogP contribution in [0.25, 0.3) is 0 Å². The van der Waals surface area contributed by atoms with Gasteiger partial charge in [-0.2, -0.15) is 4.39 Å². The molecule has 0 spiro atoms. The van der Waals surface area contributed by atoms with Crippen LogP contribution in [0.15, 0.2) is 42.6 Å². The summed E-state index contributed by atoms with van der Waals surface area (Å²) in [6, 6.07) is 11.0. The molecule has 0 aliphatic rings. The van der Waals surface area contributed by atoms with Gasteiger partial charge in [0.05, 0.1) is 0 Å². The molecule has 0 bridgehead atoms. The average Bonchev–Trinajstić information content (AvgIpc) is 2.19. The lowest BCUT2D eigenvalue weighted by Gasteiger charge is -1.99. The SMILES string of the molecule is Fc1ccnc(Cc2ccccc2)n1. The highest BCUT2D eigenvalue weighted by molar-refractivity contribution is 5.18. The summed E-state index contributed by atoms with van der Waals surface area (Å²) in [6.07, 6.45) is 2.00. The van der Waals surface area contributed by atoms with Gasteiger partial charge in [-0.3, -0.25) is 0 Å². The zero-order valence-electron chi connectivity index (χ0n) is 7.52. The third kappa shape index (κ3) is 2.13. The van der Waals surface area contributed by atoms with E-state index in [-0.39, 0.29) is 0 Å². The molecule has 1 heterocycles. The van der Waals surface area contributed by atoms with Crippen LogP contribution < -0.4 is 0 Å². The van der Waals surface area contributed by atoms with Crippen molar-refractivity contribution < 1.29 is 4.39 Å². The topological polar surface area (TPSA) is 25.8 Å². The Bertz CT molecular complexity index is 415. The van der Waals surface area contributed by atoms with Crippen molar-refractivity contribution in [3.05, 3.63) is 59.9 Å². The van der Waals surface area contributed by atoms with Crippen LogP contribution in [0.5, 0.6) is 0 Å². The fourth-order valence-electron chi connectivity index (χ4n) is 1.24. The fraction of sp³-hybridized carbons (Fsp3) is 0.0909. The van der Waals surface area contributed by atoms with E-state index in [1.807, 2.05) is 30.3 Å². The van der Waals surface area contributed by atoms with E-state index in [2.05, 4.69) is 9.97 Å². The molecule has 0 unspecified atom stereocenters. The molecule has 0 amide bonds. The normalized spacial score (nSPS) is 10.1. The van der Waals surface area contributed by atoms with E-state index >= 15 is 0 Å². The standard InChI is InChI=1S/C11H9FN2/c12-10-6-7-13-11(14-10)8-9-4-2-1-3-5-9/h1-7H,8H2. The maximum absolute atomic E-state index is 12.7. The summed E-state index contributed by atoms with van der Waals surface area (Å²) in [5, 5.41) is 0. The highest BCUT2D eigenvalue weighted by Gasteiger charge is 1.99. The lowest BCUT2D eigenvalue weighted by Crippen LogP contribution is -1.97. The van der Waals surface area contributed by atoms with Crippen LogP contribution in [0, 0.1) is 5.95 Å². The van der Waals surface area contributed by atoms with Crippen LogP contribution in [0.2, 0.25) is 0 Å². The van der Waals surface area contributed by atoms with E-state index in [9.17, 15) is 4.39 Å². The first kappa shape index (κ1) is 8.81. The highest BCUT2D eigenvalue weighted by atomic mass is 19.1. The molecule has 1 aromatic heterocycles. The maximum Gasteiger partial charge on any atom is 0.216 e. The molecule has 2 nitrogen and oxygen atoms in total. The number of hydrogen-bond donors (Lipinski definition) is 0. The van der Waals surface area contributed by atoms with Crippen molar-refractivity contribution in [2.24, 2.45) is 0 Å². The van der Waals surface area contributed by atoms with E-state index in [1.54, 1.807) is 0 Å². The van der Waals surface area contributed by atoms with Crippen LogP contribution in [-0.2, 0) is 6.42 Å². The molecular formula is C11H9FN2. The smallest absolute Gasteiger partial charge is 0.216 e. The van der Waals surface area contributed by atoms with Crippen LogP contribution >= 0.6 is 0 Å². The predicted molar refractivity (Wildman–Crippen MR) is 51.2 cm³/mol. The van der Waals surface area contributed by atoms with Crippen molar-refractivity contribution in [2.75, 3.05) is 0 Å². The molecule has 2 rings (SSSR count). The zero-order valence-corrected chi connectivity index (χ0v) is 7.52. The summed E-state index contributed by atoms with van der Waals surface area (Å²) >= 11 is 0. The molecule has 3 heteroatoms. The molecule has 0 saturated heterocycles.